The first-order valence-electron chi connectivity index (χ1n) is 5.08. The minimum Gasteiger partial charge on any atom is -0.481 e. The van der Waals surface area contributed by atoms with Gasteiger partial charge in [-0.3, -0.25) is 19.7 Å². The number of nitrogens with zero attached hydrogens (tertiary/aromatic N) is 1. The fraction of sp³-hybridized carbons (Fsp3) is 0.778. The van der Waals surface area contributed by atoms with E-state index in [9.17, 15) is 19.7 Å². The third-order valence-corrected chi connectivity index (χ3v) is 3.23. The van der Waals surface area contributed by atoms with Gasteiger partial charge in [0.1, 0.15) is 0 Å². The van der Waals surface area contributed by atoms with Gasteiger partial charge in [-0.25, -0.2) is 0 Å². The first-order valence-corrected chi connectivity index (χ1v) is 6.13. The van der Waals surface area contributed by atoms with Crippen molar-refractivity contribution in [1.82, 2.24) is 0 Å². The molecule has 0 saturated carbocycles. The largest absolute Gasteiger partial charge is 0.481 e. The van der Waals surface area contributed by atoms with Gasteiger partial charge in [0.05, 0.1) is 11.0 Å². The van der Waals surface area contributed by atoms with Crippen molar-refractivity contribution >= 4 is 23.7 Å². The first-order chi connectivity index (χ1) is 7.91. The van der Waals surface area contributed by atoms with Crippen LogP contribution in [-0.2, 0) is 9.59 Å². The second kappa shape index (κ2) is 8.80. The lowest BCUT2D eigenvalue weighted by atomic mass is 10.1. The number of rotatable bonds is 10. The second-order valence-electron chi connectivity index (χ2n) is 3.48. The van der Waals surface area contributed by atoms with E-state index in [1.807, 2.05) is 0 Å². The van der Waals surface area contributed by atoms with E-state index in [1.54, 1.807) is 0 Å². The van der Waals surface area contributed by atoms with E-state index in [0.29, 0.717) is 19.3 Å². The Morgan fingerprint density at radius 1 is 1.24 bits per heavy atom. The predicted octanol–water partition coefficient (Wildman–Crippen LogP) is 1.09. The summed E-state index contributed by atoms with van der Waals surface area (Å²) in [5.74, 6) is -2.07. The standard InChI is InChI=1S/C9H15NO6S/c11-8(12)4-2-1-3-7(5-10(15)16)17-6-9(13)14/h7H,1-6H2,(H,11,12)(H,13,14). The molecule has 0 aromatic heterocycles. The molecule has 0 aliphatic carbocycles. The maximum absolute atomic E-state index is 10.3. The minimum atomic E-state index is -1.01. The Morgan fingerprint density at radius 3 is 2.35 bits per heavy atom. The monoisotopic (exact) mass is 265 g/mol. The lowest BCUT2D eigenvalue weighted by molar-refractivity contribution is -0.479. The summed E-state index contributed by atoms with van der Waals surface area (Å²) in [6.07, 6.45) is 1.51. The van der Waals surface area contributed by atoms with Gasteiger partial charge in [0.15, 0.2) is 0 Å². The Kier molecular flexibility index (Phi) is 8.12. The zero-order chi connectivity index (χ0) is 13.3. The average molecular weight is 265 g/mol. The number of aliphatic carboxylic acids is 2. The molecule has 17 heavy (non-hydrogen) atoms. The Hall–Kier alpha value is -1.31. The van der Waals surface area contributed by atoms with Crippen LogP contribution in [0.25, 0.3) is 0 Å². The van der Waals surface area contributed by atoms with E-state index in [-0.39, 0.29) is 24.0 Å². The van der Waals surface area contributed by atoms with E-state index in [0.717, 1.165) is 11.8 Å². The van der Waals surface area contributed by atoms with E-state index >= 15 is 0 Å². The van der Waals surface area contributed by atoms with Gasteiger partial charge in [-0.2, -0.15) is 0 Å². The van der Waals surface area contributed by atoms with Crippen LogP contribution in [-0.4, -0.2) is 44.6 Å². The minimum absolute atomic E-state index is 0.0365. The number of hydrogen-bond donors (Lipinski definition) is 2. The summed E-state index contributed by atoms with van der Waals surface area (Å²) < 4.78 is 0. The van der Waals surface area contributed by atoms with E-state index in [1.165, 1.54) is 0 Å². The average Bonchev–Trinajstić information content (AvgIpc) is 2.19. The third-order valence-electron chi connectivity index (χ3n) is 1.96. The van der Waals surface area contributed by atoms with Crippen LogP contribution in [0.15, 0.2) is 0 Å². The number of carbonyl (C=O) groups is 2. The number of carboxylic acids is 2. The van der Waals surface area contributed by atoms with Crippen LogP contribution < -0.4 is 0 Å². The topological polar surface area (TPSA) is 118 Å². The molecule has 1 unspecified atom stereocenters. The molecule has 1 atom stereocenters. The number of carboxylic acid groups (broad SMARTS) is 2. The first kappa shape index (κ1) is 15.7. The molecule has 0 aromatic rings. The van der Waals surface area contributed by atoms with Gasteiger partial charge in [0.25, 0.3) is 0 Å². The van der Waals surface area contributed by atoms with Gasteiger partial charge in [0.2, 0.25) is 6.54 Å². The van der Waals surface area contributed by atoms with Crippen LogP contribution in [0, 0.1) is 10.1 Å². The molecule has 0 aliphatic heterocycles. The van der Waals surface area contributed by atoms with Gasteiger partial charge in [-0.1, -0.05) is 6.42 Å². The highest BCUT2D eigenvalue weighted by Crippen LogP contribution is 2.18. The SMILES string of the molecule is O=C(O)CCCCC(C[N+](=O)[O-])SCC(=O)O. The van der Waals surface area contributed by atoms with Crippen molar-refractivity contribution in [1.29, 1.82) is 0 Å². The Morgan fingerprint density at radius 2 is 1.88 bits per heavy atom. The molecule has 8 heteroatoms. The fourth-order valence-corrected chi connectivity index (χ4v) is 2.17. The summed E-state index contributed by atoms with van der Waals surface area (Å²) in [6.45, 7) is -0.287. The highest BCUT2D eigenvalue weighted by atomic mass is 32.2. The second-order valence-corrected chi connectivity index (χ2v) is 4.77. The van der Waals surface area contributed by atoms with Crippen molar-refractivity contribution in [2.24, 2.45) is 0 Å². The summed E-state index contributed by atoms with van der Waals surface area (Å²) in [5.41, 5.74) is 0. The summed E-state index contributed by atoms with van der Waals surface area (Å²) in [4.78, 5) is 30.5. The normalized spacial score (nSPS) is 12.0. The van der Waals surface area contributed by atoms with Gasteiger partial charge in [-0.05, 0) is 12.8 Å². The summed E-state index contributed by atoms with van der Waals surface area (Å²) in [6, 6.07) is 0. The maximum Gasteiger partial charge on any atom is 0.313 e. The molecule has 7 nitrogen and oxygen atoms in total. The number of hydrogen-bond acceptors (Lipinski definition) is 5. The van der Waals surface area contributed by atoms with Gasteiger partial charge < -0.3 is 10.2 Å². The van der Waals surface area contributed by atoms with E-state index < -0.39 is 16.9 Å². The molecule has 0 radical (unpaired) electrons. The Labute approximate surface area is 102 Å². The summed E-state index contributed by atoms with van der Waals surface area (Å²) in [5, 5.41) is 26.9. The van der Waals surface area contributed by atoms with Crippen molar-refractivity contribution in [3.8, 4) is 0 Å². The van der Waals surface area contributed by atoms with Gasteiger partial charge in [0, 0.05) is 11.3 Å². The van der Waals surface area contributed by atoms with E-state index in [4.69, 9.17) is 10.2 Å². The van der Waals surface area contributed by atoms with Crippen LogP contribution in [0.5, 0.6) is 0 Å². The number of nitro groups is 1. The molecular formula is C9H15NO6S. The molecule has 2 N–H and O–H groups in total. The lowest BCUT2D eigenvalue weighted by Gasteiger charge is -2.10. The third kappa shape index (κ3) is 11.0. The quantitative estimate of drug-likeness (QED) is 0.345. The summed E-state index contributed by atoms with van der Waals surface area (Å²) in [7, 11) is 0. The summed E-state index contributed by atoms with van der Waals surface area (Å²) >= 11 is 1.03. The van der Waals surface area contributed by atoms with Crippen LogP contribution in [0.2, 0.25) is 0 Å². The zero-order valence-electron chi connectivity index (χ0n) is 9.20. The Balaban J connectivity index is 3.88. The predicted molar refractivity (Wildman–Crippen MR) is 61.8 cm³/mol. The van der Waals surface area contributed by atoms with Crippen molar-refractivity contribution in [2.45, 2.75) is 30.9 Å². The number of unbranched alkanes of at least 4 members (excludes halogenated alkanes) is 1. The van der Waals surface area contributed by atoms with Crippen molar-refractivity contribution in [3.05, 3.63) is 10.1 Å². The molecule has 0 bridgehead atoms. The van der Waals surface area contributed by atoms with Gasteiger partial charge in [-0.15, -0.1) is 11.8 Å². The van der Waals surface area contributed by atoms with E-state index in [2.05, 4.69) is 0 Å². The molecular weight excluding hydrogens is 250 g/mol. The highest BCUT2D eigenvalue weighted by Gasteiger charge is 2.17. The van der Waals surface area contributed by atoms with Crippen LogP contribution in [0.1, 0.15) is 25.7 Å². The fourth-order valence-electron chi connectivity index (χ4n) is 1.23. The van der Waals surface area contributed by atoms with Crippen molar-refractivity contribution in [3.63, 3.8) is 0 Å². The van der Waals surface area contributed by atoms with Crippen molar-refractivity contribution < 1.29 is 24.7 Å². The Bertz CT molecular complexity index is 283. The molecule has 0 aromatic carbocycles. The van der Waals surface area contributed by atoms with Crippen molar-refractivity contribution in [2.75, 3.05) is 12.3 Å². The molecule has 0 saturated heterocycles. The molecule has 0 rings (SSSR count). The molecule has 0 aliphatic rings. The van der Waals surface area contributed by atoms with Gasteiger partial charge >= 0.3 is 11.9 Å². The maximum atomic E-state index is 10.3. The molecule has 0 heterocycles. The van der Waals surface area contributed by atoms with Crippen LogP contribution >= 0.6 is 11.8 Å². The lowest BCUT2D eigenvalue weighted by Crippen LogP contribution is -2.18. The molecule has 98 valence electrons. The van der Waals surface area contributed by atoms with Crippen LogP contribution in [0.4, 0.5) is 0 Å². The molecule has 0 spiro atoms. The molecule has 0 fully saturated rings. The smallest absolute Gasteiger partial charge is 0.313 e. The number of thioether (sulfide) groups is 1. The molecule has 0 amide bonds. The van der Waals surface area contributed by atoms with Crippen LogP contribution in [0.3, 0.4) is 0 Å². The highest BCUT2D eigenvalue weighted by molar-refractivity contribution is 8.00. The zero-order valence-corrected chi connectivity index (χ0v) is 10.0.